The molecule has 2 N–H and O–H groups in total. The normalized spacial score (nSPS) is 22.9. The zero-order valence-electron chi connectivity index (χ0n) is 11.2. The highest BCUT2D eigenvalue weighted by atomic mass is 15.4. The van der Waals surface area contributed by atoms with Crippen molar-refractivity contribution in [3.05, 3.63) is 11.3 Å². The lowest BCUT2D eigenvalue weighted by atomic mass is 9.81. The molecule has 1 aliphatic rings. The third-order valence-electron chi connectivity index (χ3n) is 3.02. The number of hydrogen-bond acceptors (Lipinski definition) is 2. The van der Waals surface area contributed by atoms with E-state index in [0.717, 1.165) is 0 Å². The van der Waals surface area contributed by atoms with Gasteiger partial charge in [0, 0.05) is 11.1 Å². The van der Waals surface area contributed by atoms with Gasteiger partial charge in [-0.3, -0.25) is 0 Å². The van der Waals surface area contributed by atoms with Crippen molar-refractivity contribution >= 4 is 0 Å². The first-order chi connectivity index (χ1) is 6.75. The second-order valence-electron chi connectivity index (χ2n) is 6.23. The summed E-state index contributed by atoms with van der Waals surface area (Å²) in [6.45, 7) is 15.9. The van der Waals surface area contributed by atoms with Crippen LogP contribution in [0.15, 0.2) is 11.3 Å². The lowest BCUT2D eigenvalue weighted by Gasteiger charge is -2.25. The molecule has 1 heterocycles. The average molecular weight is 210 g/mol. The fraction of sp³-hybridized carbons (Fsp3) is 0.846. The van der Waals surface area contributed by atoms with Crippen LogP contribution in [0.3, 0.4) is 0 Å². The molecule has 0 aromatic carbocycles. The summed E-state index contributed by atoms with van der Waals surface area (Å²) in [6.07, 6.45) is 0. The van der Waals surface area contributed by atoms with E-state index < -0.39 is 0 Å². The van der Waals surface area contributed by atoms with Crippen LogP contribution >= 0.6 is 0 Å². The van der Waals surface area contributed by atoms with Crippen LogP contribution in [0, 0.1) is 17.3 Å². The maximum absolute atomic E-state index is 3.42. The van der Waals surface area contributed by atoms with E-state index in [1.54, 1.807) is 5.57 Å². The largest absolute Gasteiger partial charge is 0.324 e. The highest BCUT2D eigenvalue weighted by molar-refractivity contribution is 5.29. The van der Waals surface area contributed by atoms with Gasteiger partial charge >= 0.3 is 0 Å². The van der Waals surface area contributed by atoms with Gasteiger partial charge in [0.1, 0.15) is 0 Å². The Labute approximate surface area is 94.5 Å². The molecule has 0 saturated carbocycles. The Morgan fingerprint density at radius 1 is 1.07 bits per heavy atom. The van der Waals surface area contributed by atoms with Crippen LogP contribution in [0.5, 0.6) is 0 Å². The Morgan fingerprint density at radius 3 is 1.93 bits per heavy atom. The summed E-state index contributed by atoms with van der Waals surface area (Å²) in [5, 5.41) is 0. The average Bonchev–Trinajstić information content (AvgIpc) is 2.45. The van der Waals surface area contributed by atoms with Crippen molar-refractivity contribution in [3.63, 3.8) is 0 Å². The molecule has 2 nitrogen and oxygen atoms in total. The Kier molecular flexibility index (Phi) is 3.49. The molecule has 0 radical (unpaired) electrons. The van der Waals surface area contributed by atoms with Crippen LogP contribution in [0.25, 0.3) is 0 Å². The Hall–Kier alpha value is -0.500. The van der Waals surface area contributed by atoms with Crippen molar-refractivity contribution in [3.8, 4) is 0 Å². The molecule has 0 aliphatic carbocycles. The summed E-state index contributed by atoms with van der Waals surface area (Å²) in [7, 11) is 0. The van der Waals surface area contributed by atoms with Gasteiger partial charge in [-0.1, -0.05) is 48.5 Å². The lowest BCUT2D eigenvalue weighted by Crippen LogP contribution is -2.38. The molecule has 1 atom stereocenters. The summed E-state index contributed by atoms with van der Waals surface area (Å²) in [5.41, 5.74) is 9.95. The van der Waals surface area contributed by atoms with Crippen molar-refractivity contribution in [1.29, 1.82) is 0 Å². The molecule has 0 bridgehead atoms. The van der Waals surface area contributed by atoms with Crippen molar-refractivity contribution < 1.29 is 0 Å². The molecule has 1 unspecified atom stereocenters. The number of nitrogens with one attached hydrogen (secondary N) is 2. The number of hydrazine groups is 1. The maximum Gasteiger partial charge on any atom is 0.0515 e. The molecule has 15 heavy (non-hydrogen) atoms. The molecule has 0 fully saturated rings. The van der Waals surface area contributed by atoms with E-state index in [1.807, 2.05) is 0 Å². The molecule has 88 valence electrons. The zero-order chi connectivity index (χ0) is 11.8. The summed E-state index contributed by atoms with van der Waals surface area (Å²) in [5.74, 6) is 1.24. The molecule has 1 rings (SSSR count). The Morgan fingerprint density at radius 2 is 1.60 bits per heavy atom. The maximum atomic E-state index is 3.42. The predicted octanol–water partition coefficient (Wildman–Crippen LogP) is 3.08. The van der Waals surface area contributed by atoms with Gasteiger partial charge in [0.2, 0.25) is 0 Å². The molecule has 2 heteroatoms. The first kappa shape index (κ1) is 12.6. The minimum Gasteiger partial charge on any atom is -0.324 e. The molecule has 0 aromatic rings. The fourth-order valence-corrected chi connectivity index (χ4v) is 2.25. The van der Waals surface area contributed by atoms with Gasteiger partial charge in [0.15, 0.2) is 0 Å². The molecule has 1 aliphatic heterocycles. The monoisotopic (exact) mass is 210 g/mol. The third kappa shape index (κ3) is 2.54. The summed E-state index contributed by atoms with van der Waals surface area (Å²) in [6, 6.07) is 0.485. The van der Waals surface area contributed by atoms with E-state index in [0.29, 0.717) is 17.9 Å². The van der Waals surface area contributed by atoms with E-state index >= 15 is 0 Å². The first-order valence-corrected chi connectivity index (χ1v) is 6.01. The molecule has 0 spiro atoms. The van der Waals surface area contributed by atoms with Crippen molar-refractivity contribution in [1.82, 2.24) is 10.9 Å². The van der Waals surface area contributed by atoms with Crippen LogP contribution in [-0.2, 0) is 0 Å². The van der Waals surface area contributed by atoms with Crippen LogP contribution in [0.1, 0.15) is 48.5 Å². The van der Waals surface area contributed by atoms with E-state index in [1.165, 1.54) is 5.70 Å². The van der Waals surface area contributed by atoms with Crippen LogP contribution in [-0.4, -0.2) is 6.04 Å². The van der Waals surface area contributed by atoms with Gasteiger partial charge in [-0.05, 0) is 17.4 Å². The van der Waals surface area contributed by atoms with Crippen LogP contribution in [0.2, 0.25) is 0 Å². The van der Waals surface area contributed by atoms with Gasteiger partial charge < -0.3 is 5.43 Å². The second kappa shape index (κ2) is 4.17. The quantitative estimate of drug-likeness (QED) is 0.732. The summed E-state index contributed by atoms with van der Waals surface area (Å²) in [4.78, 5) is 0. The molecular formula is C13H26N2. The molecular weight excluding hydrogens is 184 g/mol. The Bertz CT molecular complexity index is 256. The van der Waals surface area contributed by atoms with Gasteiger partial charge in [0.25, 0.3) is 0 Å². The van der Waals surface area contributed by atoms with Gasteiger partial charge in [-0.2, -0.15) is 0 Å². The SMILES string of the molecule is CC(C)C1=C(C(C)(C)C)NNC1C(C)C. The molecule has 0 saturated heterocycles. The fourth-order valence-electron chi connectivity index (χ4n) is 2.25. The predicted molar refractivity (Wildman–Crippen MR) is 66.2 cm³/mol. The second-order valence-corrected chi connectivity index (χ2v) is 6.23. The zero-order valence-corrected chi connectivity index (χ0v) is 11.2. The molecule has 0 aromatic heterocycles. The number of allylic oxidation sites excluding steroid dienone is 1. The first-order valence-electron chi connectivity index (χ1n) is 6.01. The molecule has 0 amide bonds. The summed E-state index contributed by atoms with van der Waals surface area (Å²) < 4.78 is 0. The topological polar surface area (TPSA) is 24.1 Å². The van der Waals surface area contributed by atoms with E-state index in [4.69, 9.17) is 0 Å². The van der Waals surface area contributed by atoms with Crippen molar-refractivity contribution in [2.45, 2.75) is 54.5 Å². The number of hydrogen-bond donors (Lipinski definition) is 2. The summed E-state index contributed by atoms with van der Waals surface area (Å²) >= 11 is 0. The number of rotatable bonds is 2. The minimum atomic E-state index is 0.205. The smallest absolute Gasteiger partial charge is 0.0515 e. The minimum absolute atomic E-state index is 0.205. The van der Waals surface area contributed by atoms with E-state index in [2.05, 4.69) is 59.3 Å². The van der Waals surface area contributed by atoms with Crippen LogP contribution < -0.4 is 10.9 Å². The van der Waals surface area contributed by atoms with Crippen molar-refractivity contribution in [2.24, 2.45) is 17.3 Å². The van der Waals surface area contributed by atoms with Gasteiger partial charge in [-0.25, -0.2) is 5.43 Å². The van der Waals surface area contributed by atoms with Crippen molar-refractivity contribution in [2.75, 3.05) is 0 Å². The highest BCUT2D eigenvalue weighted by Gasteiger charge is 2.34. The van der Waals surface area contributed by atoms with E-state index in [-0.39, 0.29) is 5.41 Å². The standard InChI is InChI=1S/C13H26N2/c1-8(2)10-11(9(3)4)14-15-12(10)13(5,6)7/h8-9,11,14-15H,1-7H3. The van der Waals surface area contributed by atoms with Gasteiger partial charge in [-0.15, -0.1) is 0 Å². The lowest BCUT2D eigenvalue weighted by molar-refractivity contribution is 0.415. The Balaban J connectivity index is 3.09. The third-order valence-corrected chi connectivity index (χ3v) is 3.02. The van der Waals surface area contributed by atoms with Gasteiger partial charge in [0.05, 0.1) is 6.04 Å². The van der Waals surface area contributed by atoms with Crippen LogP contribution in [0.4, 0.5) is 0 Å². The van der Waals surface area contributed by atoms with E-state index in [9.17, 15) is 0 Å². The highest BCUT2D eigenvalue weighted by Crippen LogP contribution is 2.35.